The number of carbonyl (C=O) groups is 2. The second kappa shape index (κ2) is 7.98. The van der Waals surface area contributed by atoms with E-state index in [-0.39, 0.29) is 5.82 Å². The first-order valence-electron chi connectivity index (χ1n) is 9.75. The maximum Gasteiger partial charge on any atom is 0.333 e. The smallest absolute Gasteiger partial charge is 0.333 e. The maximum absolute atomic E-state index is 12.5. The van der Waals surface area contributed by atoms with Gasteiger partial charge in [-0.2, -0.15) is 4.98 Å². The Morgan fingerprint density at radius 2 is 1.73 bits per heavy atom. The zero-order valence-electron chi connectivity index (χ0n) is 16.2. The van der Waals surface area contributed by atoms with Gasteiger partial charge < -0.3 is 15.5 Å². The molecule has 8 heteroatoms. The number of aromatic nitrogens is 3. The molecule has 2 aromatic carbocycles. The summed E-state index contributed by atoms with van der Waals surface area (Å²) in [6.07, 6.45) is 2.01. The van der Waals surface area contributed by atoms with Crippen LogP contribution in [0.4, 0.5) is 0 Å². The Hall–Kier alpha value is -3.68. The van der Waals surface area contributed by atoms with Gasteiger partial charge in [-0.3, -0.25) is 14.7 Å². The first kappa shape index (κ1) is 19.6. The molecule has 1 aliphatic carbocycles. The van der Waals surface area contributed by atoms with Crippen molar-refractivity contribution >= 4 is 11.9 Å². The number of benzene rings is 2. The molecule has 1 aliphatic rings. The third kappa shape index (κ3) is 4.32. The Balaban J connectivity index is 1.50. The molecule has 1 heterocycles. The summed E-state index contributed by atoms with van der Waals surface area (Å²) in [5.74, 6) is -1.48. The minimum absolute atomic E-state index is 0.114. The molecule has 0 bridgehead atoms. The van der Waals surface area contributed by atoms with Crippen LogP contribution in [0.3, 0.4) is 0 Å². The van der Waals surface area contributed by atoms with Gasteiger partial charge in [0.15, 0.2) is 0 Å². The van der Waals surface area contributed by atoms with Gasteiger partial charge in [-0.25, -0.2) is 0 Å². The molecule has 0 radical (unpaired) electrons. The molecule has 30 heavy (non-hydrogen) atoms. The number of nitrogens with zero attached hydrogens (tertiary/aromatic N) is 2. The third-order valence-corrected chi connectivity index (χ3v) is 5.51. The summed E-state index contributed by atoms with van der Waals surface area (Å²) >= 11 is 0. The van der Waals surface area contributed by atoms with Crippen LogP contribution in [0.25, 0.3) is 11.1 Å². The van der Waals surface area contributed by atoms with Crippen LogP contribution in [-0.4, -0.2) is 43.3 Å². The molecule has 3 aromatic rings. The van der Waals surface area contributed by atoms with Gasteiger partial charge in [0.1, 0.15) is 0 Å². The first-order chi connectivity index (χ1) is 14.4. The van der Waals surface area contributed by atoms with Gasteiger partial charge in [-0.15, -0.1) is 5.10 Å². The van der Waals surface area contributed by atoms with Crippen molar-refractivity contribution in [3.8, 4) is 17.1 Å². The van der Waals surface area contributed by atoms with Gasteiger partial charge in [0.2, 0.25) is 5.82 Å². The van der Waals surface area contributed by atoms with Crippen molar-refractivity contribution in [2.24, 2.45) is 5.41 Å². The zero-order valence-corrected chi connectivity index (χ0v) is 16.2. The minimum Gasteiger partial charge on any atom is -0.481 e. The topological polar surface area (TPSA) is 128 Å². The fourth-order valence-corrected chi connectivity index (χ4v) is 3.66. The summed E-state index contributed by atoms with van der Waals surface area (Å²) in [4.78, 5) is 27.8. The van der Waals surface area contributed by atoms with Crippen LogP contribution in [0.5, 0.6) is 6.01 Å². The summed E-state index contributed by atoms with van der Waals surface area (Å²) in [5, 5.41) is 27.5. The average molecular weight is 406 g/mol. The lowest BCUT2D eigenvalue weighted by Crippen LogP contribution is -2.40. The molecule has 1 aromatic heterocycles. The number of hydrogen-bond acceptors (Lipinski definition) is 5. The molecule has 4 rings (SSSR count). The summed E-state index contributed by atoms with van der Waals surface area (Å²) in [5.41, 5.74) is 2.40. The molecule has 0 spiro atoms. The average Bonchev–Trinajstić information content (AvgIpc) is 3.40. The Kier molecular flexibility index (Phi) is 5.22. The summed E-state index contributed by atoms with van der Waals surface area (Å²) in [6.45, 7) is 0. The highest BCUT2D eigenvalue weighted by Gasteiger charge is 2.51. The predicted octanol–water partition coefficient (Wildman–Crippen LogP) is 2.77. The fourth-order valence-electron chi connectivity index (χ4n) is 3.66. The fraction of sp³-hybridized carbons (Fsp3) is 0.273. The molecule has 0 aliphatic heterocycles. The second-order valence-corrected chi connectivity index (χ2v) is 7.71. The van der Waals surface area contributed by atoms with E-state index < -0.39 is 29.3 Å². The molecule has 8 nitrogen and oxygen atoms in total. The van der Waals surface area contributed by atoms with Crippen LogP contribution in [0, 0.1) is 5.41 Å². The number of rotatable bonds is 8. The van der Waals surface area contributed by atoms with Gasteiger partial charge >= 0.3 is 12.0 Å². The lowest BCUT2D eigenvalue weighted by atomic mass is 9.92. The van der Waals surface area contributed by atoms with Gasteiger partial charge in [0, 0.05) is 6.04 Å². The normalized spacial score (nSPS) is 15.3. The Morgan fingerprint density at radius 1 is 1.07 bits per heavy atom. The highest BCUT2D eigenvalue weighted by Crippen LogP contribution is 2.50. The monoisotopic (exact) mass is 406 g/mol. The van der Waals surface area contributed by atoms with Gasteiger partial charge in [-0.05, 0) is 42.4 Å². The standard InChI is InChI=1S/C22H22N4O4/c27-19(18-24-21(30)26-25-18)23-17(13-22(10-11-22)20(28)29)12-14-6-8-16(9-7-14)15-4-2-1-3-5-15/h1-9,17H,10-13H2,(H,23,27)(H,28,29)(H2,24,25,26,30)/t17-/m1/s1. The van der Waals surface area contributed by atoms with Gasteiger partial charge in [0.25, 0.3) is 5.91 Å². The van der Waals surface area contributed by atoms with Crippen LogP contribution in [0.2, 0.25) is 0 Å². The molecular weight excluding hydrogens is 384 g/mol. The lowest BCUT2D eigenvalue weighted by Gasteiger charge is -2.22. The number of carboxylic acid groups (broad SMARTS) is 1. The lowest BCUT2D eigenvalue weighted by molar-refractivity contribution is -0.143. The Labute approximate surface area is 173 Å². The van der Waals surface area contributed by atoms with E-state index in [0.717, 1.165) is 16.7 Å². The molecule has 154 valence electrons. The van der Waals surface area contributed by atoms with E-state index in [1.807, 2.05) is 54.6 Å². The molecule has 1 fully saturated rings. The number of aromatic amines is 1. The van der Waals surface area contributed by atoms with Crippen molar-refractivity contribution in [1.29, 1.82) is 0 Å². The summed E-state index contributed by atoms with van der Waals surface area (Å²) in [6, 6.07) is 17.1. The summed E-state index contributed by atoms with van der Waals surface area (Å²) in [7, 11) is 0. The number of carboxylic acids is 1. The Morgan fingerprint density at radius 3 is 2.30 bits per heavy atom. The van der Waals surface area contributed by atoms with E-state index in [4.69, 9.17) is 0 Å². The number of H-pyrrole nitrogens is 1. The number of aliphatic carboxylic acids is 1. The van der Waals surface area contributed by atoms with Crippen molar-refractivity contribution in [1.82, 2.24) is 20.5 Å². The quantitative estimate of drug-likeness (QED) is 0.455. The third-order valence-electron chi connectivity index (χ3n) is 5.51. The molecule has 4 N–H and O–H groups in total. The van der Waals surface area contributed by atoms with Crippen LogP contribution in [0.1, 0.15) is 35.4 Å². The van der Waals surface area contributed by atoms with Crippen LogP contribution < -0.4 is 5.32 Å². The van der Waals surface area contributed by atoms with E-state index in [2.05, 4.69) is 20.5 Å². The van der Waals surface area contributed by atoms with E-state index >= 15 is 0 Å². The van der Waals surface area contributed by atoms with E-state index in [1.54, 1.807) is 0 Å². The zero-order chi connectivity index (χ0) is 21.1. The molecule has 1 saturated carbocycles. The van der Waals surface area contributed by atoms with Crippen molar-refractivity contribution in [3.63, 3.8) is 0 Å². The van der Waals surface area contributed by atoms with E-state index in [0.29, 0.717) is 25.7 Å². The van der Waals surface area contributed by atoms with Gasteiger partial charge in [-0.1, -0.05) is 54.6 Å². The largest absolute Gasteiger partial charge is 0.481 e. The van der Waals surface area contributed by atoms with Crippen LogP contribution in [0.15, 0.2) is 54.6 Å². The van der Waals surface area contributed by atoms with Crippen molar-refractivity contribution in [2.75, 3.05) is 0 Å². The Bertz CT molecular complexity index is 1040. The van der Waals surface area contributed by atoms with Crippen LogP contribution in [-0.2, 0) is 11.2 Å². The van der Waals surface area contributed by atoms with Crippen LogP contribution >= 0.6 is 0 Å². The number of carbonyl (C=O) groups excluding carboxylic acids is 1. The number of hydrogen-bond donors (Lipinski definition) is 4. The number of amides is 1. The minimum atomic E-state index is -0.835. The van der Waals surface area contributed by atoms with Crippen molar-refractivity contribution < 1.29 is 19.8 Å². The number of nitrogens with one attached hydrogen (secondary N) is 2. The van der Waals surface area contributed by atoms with E-state index in [9.17, 15) is 19.8 Å². The van der Waals surface area contributed by atoms with Gasteiger partial charge in [0.05, 0.1) is 5.41 Å². The maximum atomic E-state index is 12.5. The SMILES string of the molecule is O=C(N[C@H](Cc1ccc(-c2ccccc2)cc1)CC1(C(=O)O)CC1)c1nc(O)n[nH]1. The second-order valence-electron chi connectivity index (χ2n) is 7.71. The van der Waals surface area contributed by atoms with Crippen molar-refractivity contribution in [3.05, 3.63) is 66.0 Å². The molecule has 0 unspecified atom stereocenters. The van der Waals surface area contributed by atoms with E-state index in [1.165, 1.54) is 0 Å². The number of aromatic hydroxyl groups is 1. The predicted molar refractivity (Wildman–Crippen MR) is 109 cm³/mol. The first-order valence-corrected chi connectivity index (χ1v) is 9.75. The molecule has 1 amide bonds. The summed E-state index contributed by atoms with van der Waals surface area (Å²) < 4.78 is 0. The molecular formula is C22H22N4O4. The van der Waals surface area contributed by atoms with Crippen molar-refractivity contribution in [2.45, 2.75) is 31.7 Å². The highest BCUT2D eigenvalue weighted by atomic mass is 16.4. The highest BCUT2D eigenvalue weighted by molar-refractivity contribution is 5.90. The molecule has 0 saturated heterocycles. The molecule has 1 atom stereocenters.